The van der Waals surface area contributed by atoms with E-state index in [1.165, 1.54) is 11.0 Å². The summed E-state index contributed by atoms with van der Waals surface area (Å²) in [5.41, 5.74) is 2.09. The van der Waals surface area contributed by atoms with Gasteiger partial charge in [0.25, 0.3) is 0 Å². The zero-order valence-corrected chi connectivity index (χ0v) is 19.5. The molecular formula is C21H23FN4O2S3. The van der Waals surface area contributed by atoms with Gasteiger partial charge in [-0.25, -0.2) is 9.18 Å². The maximum Gasteiger partial charge on any atom is 0.414 e. The van der Waals surface area contributed by atoms with Crippen molar-refractivity contribution in [2.75, 3.05) is 49.1 Å². The van der Waals surface area contributed by atoms with Gasteiger partial charge in [-0.2, -0.15) is 11.3 Å². The number of ether oxygens (including phenoxy) is 1. The number of amides is 1. The van der Waals surface area contributed by atoms with Gasteiger partial charge in [-0.3, -0.25) is 4.90 Å². The van der Waals surface area contributed by atoms with Crippen molar-refractivity contribution in [2.45, 2.75) is 13.0 Å². The Morgan fingerprint density at radius 2 is 2.03 bits per heavy atom. The predicted octanol–water partition coefficient (Wildman–Crippen LogP) is 3.65. The average Bonchev–Trinajstić information content (AvgIpc) is 3.42. The van der Waals surface area contributed by atoms with Crippen LogP contribution in [-0.2, 0) is 4.74 Å². The van der Waals surface area contributed by atoms with Gasteiger partial charge in [0.15, 0.2) is 0 Å². The Balaban J connectivity index is 1.38. The second-order valence-electron chi connectivity index (χ2n) is 7.48. The van der Waals surface area contributed by atoms with Crippen molar-refractivity contribution in [1.29, 1.82) is 0 Å². The van der Waals surface area contributed by atoms with E-state index in [0.717, 1.165) is 23.6 Å². The largest absolute Gasteiger partial charge is 0.442 e. The summed E-state index contributed by atoms with van der Waals surface area (Å²) in [5, 5.41) is 7.06. The van der Waals surface area contributed by atoms with Gasteiger partial charge in [0.2, 0.25) is 0 Å². The molecule has 1 unspecified atom stereocenters. The fraction of sp³-hybridized carbons (Fsp3) is 0.381. The lowest BCUT2D eigenvalue weighted by molar-refractivity contribution is 0.143. The summed E-state index contributed by atoms with van der Waals surface area (Å²) < 4.78 is 20.3. The fourth-order valence-corrected chi connectivity index (χ4v) is 4.84. The molecule has 0 aliphatic carbocycles. The molecule has 1 atom stereocenters. The molecule has 0 bridgehead atoms. The number of carbonyl (C=O) groups is 1. The van der Waals surface area contributed by atoms with Crippen LogP contribution in [0.5, 0.6) is 0 Å². The fourth-order valence-electron chi connectivity index (χ4n) is 3.74. The molecule has 6 nitrogen and oxygen atoms in total. The third-order valence-corrected chi connectivity index (χ3v) is 6.69. The van der Waals surface area contributed by atoms with E-state index in [1.54, 1.807) is 30.4 Å². The number of halogens is 1. The summed E-state index contributed by atoms with van der Waals surface area (Å²) in [6.45, 7) is 5.40. The number of hydrogen-bond donors (Lipinski definition) is 1. The maximum absolute atomic E-state index is 15.0. The molecule has 1 N–H and O–H groups in total. The Bertz CT molecular complexity index is 977. The Hall–Kier alpha value is -2.30. The van der Waals surface area contributed by atoms with Crippen LogP contribution in [0.25, 0.3) is 0 Å². The molecular weight excluding hydrogens is 455 g/mol. The van der Waals surface area contributed by atoms with E-state index in [-0.39, 0.29) is 11.9 Å². The van der Waals surface area contributed by atoms with Gasteiger partial charge in [0.05, 0.1) is 29.5 Å². The van der Waals surface area contributed by atoms with Crippen LogP contribution < -0.4 is 15.1 Å². The highest BCUT2D eigenvalue weighted by atomic mass is 32.1. The summed E-state index contributed by atoms with van der Waals surface area (Å²) in [5.74, 6) is -0.351. The number of rotatable bonds is 5. The monoisotopic (exact) mass is 478 g/mol. The smallest absolute Gasteiger partial charge is 0.414 e. The molecule has 3 heterocycles. The first kappa shape index (κ1) is 21.9. The van der Waals surface area contributed by atoms with Crippen molar-refractivity contribution in [3.63, 3.8) is 0 Å². The standard InChI is InChI=1S/C21H23FN4O2S3/c1-14(29)23-11-17-12-26(21(27)28-17)16-2-3-19(18(22)10-16)24-5-7-25(8-6-24)20(30)15-4-9-31-13-15/h2-4,9-10,13,17H,5-8,11-12H2,1H3,(H,23,29). The second-order valence-corrected chi connectivity index (χ2v) is 9.26. The highest BCUT2D eigenvalue weighted by Crippen LogP contribution is 2.28. The van der Waals surface area contributed by atoms with Crippen LogP contribution in [0.3, 0.4) is 0 Å². The van der Waals surface area contributed by atoms with Crippen LogP contribution in [0, 0.1) is 5.82 Å². The van der Waals surface area contributed by atoms with Crippen molar-refractivity contribution < 1.29 is 13.9 Å². The molecule has 10 heteroatoms. The third kappa shape index (κ3) is 4.97. The lowest BCUT2D eigenvalue weighted by atomic mass is 10.2. The Kier molecular flexibility index (Phi) is 6.68. The molecule has 164 valence electrons. The van der Waals surface area contributed by atoms with Crippen LogP contribution in [0.15, 0.2) is 35.0 Å². The molecule has 0 spiro atoms. The zero-order chi connectivity index (χ0) is 22.0. The quantitative estimate of drug-likeness (QED) is 0.659. The number of hydrogen-bond acceptors (Lipinski definition) is 6. The van der Waals surface area contributed by atoms with Crippen LogP contribution >= 0.6 is 35.8 Å². The molecule has 31 heavy (non-hydrogen) atoms. The molecule has 2 saturated heterocycles. The summed E-state index contributed by atoms with van der Waals surface area (Å²) >= 11 is 12.2. The number of nitrogens with one attached hydrogen (secondary N) is 1. The number of carbonyl (C=O) groups excluding carboxylic acids is 1. The SMILES string of the molecule is CC(=S)NCC1CN(c2ccc(N3CCN(C(=S)c4ccsc4)CC3)c(F)c2)C(=O)O1. The molecule has 0 saturated carbocycles. The minimum Gasteiger partial charge on any atom is -0.442 e. The molecule has 2 fully saturated rings. The summed E-state index contributed by atoms with van der Waals surface area (Å²) in [6, 6.07) is 6.93. The van der Waals surface area contributed by atoms with E-state index in [1.807, 2.05) is 21.7 Å². The van der Waals surface area contributed by atoms with Gasteiger partial charge in [-0.1, -0.05) is 24.4 Å². The number of anilines is 2. The van der Waals surface area contributed by atoms with Crippen LogP contribution in [0.1, 0.15) is 12.5 Å². The Morgan fingerprint density at radius 1 is 1.26 bits per heavy atom. The number of benzene rings is 1. The highest BCUT2D eigenvalue weighted by molar-refractivity contribution is 7.80. The summed E-state index contributed by atoms with van der Waals surface area (Å²) in [7, 11) is 0. The normalized spacial score (nSPS) is 18.8. The molecule has 0 radical (unpaired) electrons. The van der Waals surface area contributed by atoms with Gasteiger partial charge in [0, 0.05) is 37.1 Å². The van der Waals surface area contributed by atoms with Crippen molar-refractivity contribution in [2.24, 2.45) is 0 Å². The lowest BCUT2D eigenvalue weighted by Gasteiger charge is -2.37. The lowest BCUT2D eigenvalue weighted by Crippen LogP contribution is -2.48. The van der Waals surface area contributed by atoms with Crippen LogP contribution in [-0.4, -0.2) is 66.3 Å². The van der Waals surface area contributed by atoms with Gasteiger partial charge in [-0.15, -0.1) is 0 Å². The molecule has 4 rings (SSSR count). The van der Waals surface area contributed by atoms with Gasteiger partial charge >= 0.3 is 6.09 Å². The van der Waals surface area contributed by atoms with Gasteiger partial charge in [0.1, 0.15) is 16.9 Å². The minimum absolute atomic E-state index is 0.326. The maximum atomic E-state index is 15.0. The zero-order valence-electron chi connectivity index (χ0n) is 17.0. The molecule has 1 aromatic heterocycles. The molecule has 2 aliphatic rings. The van der Waals surface area contributed by atoms with Crippen molar-refractivity contribution in [3.05, 3.63) is 46.4 Å². The van der Waals surface area contributed by atoms with E-state index in [0.29, 0.717) is 42.5 Å². The van der Waals surface area contributed by atoms with E-state index in [9.17, 15) is 9.18 Å². The van der Waals surface area contributed by atoms with Gasteiger partial charge in [-0.05, 0) is 36.6 Å². The second kappa shape index (κ2) is 9.46. The first-order valence-corrected chi connectivity index (χ1v) is 11.8. The van der Waals surface area contributed by atoms with Crippen molar-refractivity contribution in [3.8, 4) is 0 Å². The van der Waals surface area contributed by atoms with Crippen molar-refractivity contribution >= 4 is 63.2 Å². The van der Waals surface area contributed by atoms with E-state index in [4.69, 9.17) is 29.2 Å². The van der Waals surface area contributed by atoms with Gasteiger partial charge < -0.3 is 19.9 Å². The van der Waals surface area contributed by atoms with Crippen LogP contribution in [0.4, 0.5) is 20.6 Å². The first-order chi connectivity index (χ1) is 14.9. The predicted molar refractivity (Wildman–Crippen MR) is 130 cm³/mol. The molecule has 1 amide bonds. The summed E-state index contributed by atoms with van der Waals surface area (Å²) in [4.78, 5) is 19.3. The molecule has 2 aromatic rings. The summed E-state index contributed by atoms with van der Waals surface area (Å²) in [6.07, 6.45) is -0.801. The number of thiocarbonyl (C=S) groups is 2. The van der Waals surface area contributed by atoms with E-state index >= 15 is 0 Å². The van der Waals surface area contributed by atoms with Crippen LogP contribution in [0.2, 0.25) is 0 Å². The Morgan fingerprint density at radius 3 is 2.68 bits per heavy atom. The van der Waals surface area contributed by atoms with E-state index < -0.39 is 6.09 Å². The number of nitrogens with zero attached hydrogens (tertiary/aromatic N) is 3. The first-order valence-electron chi connectivity index (χ1n) is 10.0. The Labute approximate surface area is 195 Å². The number of cyclic esters (lactones) is 1. The van der Waals surface area contributed by atoms with E-state index in [2.05, 4.69) is 10.2 Å². The topological polar surface area (TPSA) is 48.0 Å². The highest BCUT2D eigenvalue weighted by Gasteiger charge is 2.33. The third-order valence-electron chi connectivity index (χ3n) is 5.37. The number of thiophene rings is 1. The number of piperazine rings is 1. The minimum atomic E-state index is -0.475. The molecule has 1 aromatic carbocycles. The average molecular weight is 479 g/mol. The molecule has 2 aliphatic heterocycles. The van der Waals surface area contributed by atoms with Crippen molar-refractivity contribution in [1.82, 2.24) is 10.2 Å².